The Balaban J connectivity index is 2.41. The van der Waals surface area contributed by atoms with Gasteiger partial charge < -0.3 is 4.74 Å². The third-order valence-corrected chi connectivity index (χ3v) is 2.12. The van der Waals surface area contributed by atoms with Gasteiger partial charge in [-0.1, -0.05) is 30.3 Å². The molecular weight excluding hydrogens is 200 g/mol. The first-order chi connectivity index (χ1) is 7.77. The van der Waals surface area contributed by atoms with Crippen LogP contribution in [0.15, 0.2) is 42.6 Å². The molecule has 0 saturated carbocycles. The largest absolute Gasteiger partial charge is 0.473 e. The van der Waals surface area contributed by atoms with Crippen LogP contribution in [0.3, 0.4) is 0 Å². The molecule has 0 aliphatic rings. The van der Waals surface area contributed by atoms with Gasteiger partial charge in [-0.25, -0.2) is 0 Å². The summed E-state index contributed by atoms with van der Waals surface area (Å²) in [6, 6.07) is 12.0. The summed E-state index contributed by atoms with van der Waals surface area (Å²) in [6.45, 7) is 3.95. The lowest BCUT2D eigenvalue weighted by Gasteiger charge is -2.11. The van der Waals surface area contributed by atoms with Crippen molar-refractivity contribution in [2.75, 3.05) is 0 Å². The quantitative estimate of drug-likeness (QED) is 0.788. The molecule has 0 aliphatic heterocycles. The Bertz CT molecular complexity index is 454. The summed E-state index contributed by atoms with van der Waals surface area (Å²) in [4.78, 5) is 0. The van der Waals surface area contributed by atoms with E-state index in [0.717, 1.165) is 11.1 Å². The predicted molar refractivity (Wildman–Crippen MR) is 63.2 cm³/mol. The summed E-state index contributed by atoms with van der Waals surface area (Å²) >= 11 is 0. The topological polar surface area (TPSA) is 35.0 Å². The lowest BCUT2D eigenvalue weighted by Crippen LogP contribution is -2.08. The fourth-order valence-electron chi connectivity index (χ4n) is 1.47. The van der Waals surface area contributed by atoms with E-state index in [1.807, 2.05) is 50.2 Å². The fraction of sp³-hybridized carbons (Fsp3) is 0.231. The number of hydrogen-bond donors (Lipinski definition) is 0. The Morgan fingerprint density at radius 2 is 1.81 bits per heavy atom. The van der Waals surface area contributed by atoms with Crippen molar-refractivity contribution >= 4 is 0 Å². The molecule has 2 rings (SSSR count). The van der Waals surface area contributed by atoms with Gasteiger partial charge in [-0.15, -0.1) is 5.10 Å². The highest BCUT2D eigenvalue weighted by molar-refractivity contribution is 5.67. The smallest absolute Gasteiger partial charge is 0.241 e. The maximum absolute atomic E-state index is 5.63. The minimum atomic E-state index is 0.0964. The number of nitrogens with zero attached hydrogens (tertiary/aromatic N) is 2. The molecule has 0 saturated heterocycles. The second kappa shape index (κ2) is 4.75. The van der Waals surface area contributed by atoms with Gasteiger partial charge in [0.05, 0.1) is 12.3 Å². The van der Waals surface area contributed by atoms with Crippen LogP contribution in [0.4, 0.5) is 0 Å². The molecule has 0 radical (unpaired) electrons. The summed E-state index contributed by atoms with van der Waals surface area (Å²) in [6.07, 6.45) is 1.77. The Labute approximate surface area is 95.1 Å². The first-order valence-corrected chi connectivity index (χ1v) is 5.31. The van der Waals surface area contributed by atoms with Gasteiger partial charge in [0.1, 0.15) is 0 Å². The molecule has 0 N–H and O–H groups in total. The molecule has 0 unspecified atom stereocenters. The molecule has 1 aromatic carbocycles. The molecule has 3 heteroatoms. The average Bonchev–Trinajstić information content (AvgIpc) is 2.30. The van der Waals surface area contributed by atoms with Crippen molar-refractivity contribution in [3.05, 3.63) is 42.6 Å². The van der Waals surface area contributed by atoms with Crippen LogP contribution < -0.4 is 4.74 Å². The molecular formula is C13H14N2O. The van der Waals surface area contributed by atoms with E-state index in [-0.39, 0.29) is 6.10 Å². The van der Waals surface area contributed by atoms with Gasteiger partial charge >= 0.3 is 0 Å². The molecule has 0 fully saturated rings. The molecule has 1 aromatic heterocycles. The second-order valence-electron chi connectivity index (χ2n) is 3.78. The molecule has 0 aliphatic carbocycles. The van der Waals surface area contributed by atoms with Crippen LogP contribution in [0.2, 0.25) is 0 Å². The monoisotopic (exact) mass is 214 g/mol. The summed E-state index contributed by atoms with van der Waals surface area (Å²) in [5.74, 6) is 0.587. The molecule has 2 aromatic rings. The zero-order valence-electron chi connectivity index (χ0n) is 9.42. The minimum absolute atomic E-state index is 0.0964. The van der Waals surface area contributed by atoms with Crippen LogP contribution in [0, 0.1) is 0 Å². The van der Waals surface area contributed by atoms with Gasteiger partial charge in [0.25, 0.3) is 0 Å². The maximum atomic E-state index is 5.63. The van der Waals surface area contributed by atoms with Crippen molar-refractivity contribution in [2.24, 2.45) is 0 Å². The summed E-state index contributed by atoms with van der Waals surface area (Å²) in [7, 11) is 0. The van der Waals surface area contributed by atoms with Gasteiger partial charge in [-0.3, -0.25) is 0 Å². The van der Waals surface area contributed by atoms with E-state index in [9.17, 15) is 0 Å². The van der Waals surface area contributed by atoms with Crippen molar-refractivity contribution in [1.82, 2.24) is 10.2 Å². The van der Waals surface area contributed by atoms with Crippen molar-refractivity contribution in [3.63, 3.8) is 0 Å². The standard InChI is InChI=1S/C13H14N2O/c1-10(2)16-13-12(8-9-14-15-13)11-6-4-3-5-7-11/h3-10H,1-2H3. The molecule has 0 atom stereocenters. The zero-order valence-corrected chi connectivity index (χ0v) is 9.42. The third-order valence-electron chi connectivity index (χ3n) is 2.12. The Hall–Kier alpha value is -1.90. The van der Waals surface area contributed by atoms with Crippen LogP contribution in [0.1, 0.15) is 13.8 Å². The van der Waals surface area contributed by atoms with E-state index >= 15 is 0 Å². The molecule has 82 valence electrons. The molecule has 0 bridgehead atoms. The predicted octanol–water partition coefficient (Wildman–Crippen LogP) is 2.93. The van der Waals surface area contributed by atoms with Crippen LogP contribution >= 0.6 is 0 Å². The lowest BCUT2D eigenvalue weighted by atomic mass is 10.1. The van der Waals surface area contributed by atoms with Gasteiger partial charge in [-0.05, 0) is 25.5 Å². The maximum Gasteiger partial charge on any atom is 0.241 e. The Morgan fingerprint density at radius 1 is 1.06 bits per heavy atom. The summed E-state index contributed by atoms with van der Waals surface area (Å²) in [5, 5.41) is 7.87. The van der Waals surface area contributed by atoms with Gasteiger partial charge in [0, 0.05) is 5.56 Å². The first-order valence-electron chi connectivity index (χ1n) is 5.31. The van der Waals surface area contributed by atoms with Gasteiger partial charge in [0.2, 0.25) is 5.88 Å². The number of rotatable bonds is 3. The third kappa shape index (κ3) is 2.37. The Morgan fingerprint density at radius 3 is 2.50 bits per heavy atom. The van der Waals surface area contributed by atoms with Crippen LogP contribution in [-0.2, 0) is 0 Å². The number of benzene rings is 1. The van der Waals surface area contributed by atoms with E-state index in [0.29, 0.717) is 5.88 Å². The molecule has 1 heterocycles. The van der Waals surface area contributed by atoms with E-state index in [1.165, 1.54) is 0 Å². The van der Waals surface area contributed by atoms with E-state index < -0.39 is 0 Å². The second-order valence-corrected chi connectivity index (χ2v) is 3.78. The minimum Gasteiger partial charge on any atom is -0.473 e. The molecule has 0 amide bonds. The summed E-state index contributed by atoms with van der Waals surface area (Å²) < 4.78 is 5.63. The summed E-state index contributed by atoms with van der Waals surface area (Å²) in [5.41, 5.74) is 2.07. The van der Waals surface area contributed by atoms with Crippen molar-refractivity contribution in [3.8, 4) is 17.0 Å². The lowest BCUT2D eigenvalue weighted by molar-refractivity contribution is 0.231. The van der Waals surface area contributed by atoms with Crippen LogP contribution in [0.25, 0.3) is 11.1 Å². The molecule has 3 nitrogen and oxygen atoms in total. The van der Waals surface area contributed by atoms with Crippen molar-refractivity contribution in [2.45, 2.75) is 20.0 Å². The highest BCUT2D eigenvalue weighted by Gasteiger charge is 2.08. The number of hydrogen-bond acceptors (Lipinski definition) is 3. The SMILES string of the molecule is CC(C)Oc1nnccc1-c1ccccc1. The molecule has 16 heavy (non-hydrogen) atoms. The van der Waals surface area contributed by atoms with Gasteiger partial charge in [-0.2, -0.15) is 5.10 Å². The van der Waals surface area contributed by atoms with Crippen LogP contribution in [-0.4, -0.2) is 16.3 Å². The van der Waals surface area contributed by atoms with Crippen molar-refractivity contribution < 1.29 is 4.74 Å². The highest BCUT2D eigenvalue weighted by atomic mass is 16.5. The van der Waals surface area contributed by atoms with E-state index in [1.54, 1.807) is 6.20 Å². The van der Waals surface area contributed by atoms with Crippen molar-refractivity contribution in [1.29, 1.82) is 0 Å². The van der Waals surface area contributed by atoms with E-state index in [2.05, 4.69) is 10.2 Å². The number of aromatic nitrogens is 2. The first kappa shape index (κ1) is 10.6. The Kier molecular flexibility index (Phi) is 3.15. The number of ether oxygens (including phenoxy) is 1. The van der Waals surface area contributed by atoms with Crippen LogP contribution in [0.5, 0.6) is 5.88 Å². The van der Waals surface area contributed by atoms with Gasteiger partial charge in [0.15, 0.2) is 0 Å². The fourth-order valence-corrected chi connectivity index (χ4v) is 1.47. The normalized spacial score (nSPS) is 10.4. The highest BCUT2D eigenvalue weighted by Crippen LogP contribution is 2.27. The molecule has 0 spiro atoms. The zero-order chi connectivity index (χ0) is 11.4. The average molecular weight is 214 g/mol. The van der Waals surface area contributed by atoms with E-state index in [4.69, 9.17) is 4.74 Å².